The average Bonchev–Trinajstić information content (AvgIpc) is 2.63. The Morgan fingerprint density at radius 3 is 2.46 bits per heavy atom. The fourth-order valence-corrected chi connectivity index (χ4v) is 2.25. The van der Waals surface area contributed by atoms with Crippen LogP contribution in [-0.2, 0) is 13.1 Å². The summed E-state index contributed by atoms with van der Waals surface area (Å²) in [4.78, 5) is 4.05. The normalized spacial score (nSPS) is 11.4. The highest BCUT2D eigenvalue weighted by molar-refractivity contribution is 5.79. The van der Waals surface area contributed by atoms with Crippen molar-refractivity contribution in [3.63, 3.8) is 0 Å². The van der Waals surface area contributed by atoms with Gasteiger partial charge in [0, 0.05) is 25.7 Å². The second kappa shape index (κ2) is 9.55. The minimum atomic E-state index is -2.94. The summed E-state index contributed by atoms with van der Waals surface area (Å²) in [5.74, 6) is 0.312. The van der Waals surface area contributed by atoms with E-state index >= 15 is 0 Å². The van der Waals surface area contributed by atoms with Crippen LogP contribution in [0.5, 0.6) is 11.5 Å². The molecule has 0 heterocycles. The number of methoxy groups -OCH3 is 1. The molecule has 0 atom stereocenters. The van der Waals surface area contributed by atoms with Crippen LogP contribution in [0.2, 0.25) is 0 Å². The Balaban J connectivity index is 1.96. The maximum absolute atomic E-state index is 13.6. The van der Waals surface area contributed by atoms with Gasteiger partial charge in [-0.05, 0) is 23.8 Å². The van der Waals surface area contributed by atoms with Gasteiger partial charge in [0.1, 0.15) is 5.82 Å². The maximum Gasteiger partial charge on any atom is 0.387 e. The Morgan fingerprint density at radius 2 is 1.81 bits per heavy atom. The van der Waals surface area contributed by atoms with Crippen LogP contribution in [0.25, 0.3) is 0 Å². The van der Waals surface area contributed by atoms with Crippen molar-refractivity contribution in [3.8, 4) is 11.5 Å². The van der Waals surface area contributed by atoms with Crippen LogP contribution in [-0.4, -0.2) is 26.7 Å². The minimum Gasteiger partial charge on any atom is -0.493 e. The number of aliphatic imine (C=N–C) groups is 1. The standard InChI is InChI=1S/C18H20F3N3O2/c1-22-18(24-11-13-5-3-4-6-14(13)19)23-10-12-7-8-15(25-2)16(9-12)26-17(20)21/h3-9,17H,10-11H2,1-2H3,(H2,22,23,24). The van der Waals surface area contributed by atoms with E-state index in [1.54, 1.807) is 37.4 Å². The Hall–Kier alpha value is -2.90. The SMILES string of the molecule is CN=C(NCc1ccc(OC)c(OC(F)F)c1)NCc1ccccc1F. The number of nitrogens with one attached hydrogen (secondary N) is 2. The van der Waals surface area contributed by atoms with Crippen molar-refractivity contribution in [1.29, 1.82) is 0 Å². The van der Waals surface area contributed by atoms with Gasteiger partial charge in [0.25, 0.3) is 0 Å². The smallest absolute Gasteiger partial charge is 0.387 e. The molecule has 2 aromatic rings. The molecule has 0 aliphatic carbocycles. The van der Waals surface area contributed by atoms with E-state index in [4.69, 9.17) is 4.74 Å². The lowest BCUT2D eigenvalue weighted by atomic mass is 10.2. The molecule has 140 valence electrons. The van der Waals surface area contributed by atoms with Crippen LogP contribution < -0.4 is 20.1 Å². The molecule has 26 heavy (non-hydrogen) atoms. The highest BCUT2D eigenvalue weighted by atomic mass is 19.3. The van der Waals surface area contributed by atoms with Gasteiger partial charge >= 0.3 is 6.61 Å². The summed E-state index contributed by atoms with van der Waals surface area (Å²) in [6.07, 6.45) is 0. The van der Waals surface area contributed by atoms with Gasteiger partial charge in [-0.3, -0.25) is 4.99 Å². The number of hydrogen-bond acceptors (Lipinski definition) is 3. The highest BCUT2D eigenvalue weighted by Gasteiger charge is 2.11. The van der Waals surface area contributed by atoms with Crippen molar-refractivity contribution in [2.45, 2.75) is 19.7 Å². The zero-order valence-corrected chi connectivity index (χ0v) is 14.4. The highest BCUT2D eigenvalue weighted by Crippen LogP contribution is 2.29. The van der Waals surface area contributed by atoms with E-state index in [0.717, 1.165) is 0 Å². The summed E-state index contributed by atoms with van der Waals surface area (Å²) in [5, 5.41) is 6.02. The van der Waals surface area contributed by atoms with Crippen LogP contribution >= 0.6 is 0 Å². The second-order valence-electron chi connectivity index (χ2n) is 5.23. The van der Waals surface area contributed by atoms with Crippen molar-refractivity contribution < 1.29 is 22.6 Å². The summed E-state index contributed by atoms with van der Waals surface area (Å²) < 4.78 is 48.0. The van der Waals surface area contributed by atoms with E-state index in [1.165, 1.54) is 19.2 Å². The van der Waals surface area contributed by atoms with E-state index in [0.29, 0.717) is 23.6 Å². The third-order valence-corrected chi connectivity index (χ3v) is 3.53. The van der Waals surface area contributed by atoms with Crippen molar-refractivity contribution in [2.24, 2.45) is 4.99 Å². The molecule has 0 aromatic heterocycles. The van der Waals surface area contributed by atoms with Crippen LogP contribution in [0.15, 0.2) is 47.5 Å². The minimum absolute atomic E-state index is 0.0453. The van der Waals surface area contributed by atoms with Crippen molar-refractivity contribution >= 4 is 5.96 Å². The average molecular weight is 367 g/mol. The molecule has 5 nitrogen and oxygen atoms in total. The second-order valence-corrected chi connectivity index (χ2v) is 5.23. The number of benzene rings is 2. The number of guanidine groups is 1. The topological polar surface area (TPSA) is 54.9 Å². The first-order valence-corrected chi connectivity index (χ1v) is 7.83. The molecule has 0 aliphatic heterocycles. The molecule has 8 heteroatoms. The van der Waals surface area contributed by atoms with Gasteiger partial charge in [-0.2, -0.15) is 8.78 Å². The van der Waals surface area contributed by atoms with Gasteiger partial charge in [-0.15, -0.1) is 0 Å². The van der Waals surface area contributed by atoms with Crippen LogP contribution in [0.1, 0.15) is 11.1 Å². The molecule has 0 saturated heterocycles. The monoisotopic (exact) mass is 367 g/mol. The van der Waals surface area contributed by atoms with Crippen molar-refractivity contribution in [3.05, 3.63) is 59.4 Å². The quantitative estimate of drug-likeness (QED) is 0.582. The van der Waals surface area contributed by atoms with E-state index in [1.807, 2.05) is 0 Å². The zero-order chi connectivity index (χ0) is 18.9. The molecule has 2 rings (SSSR count). The van der Waals surface area contributed by atoms with Gasteiger partial charge in [-0.25, -0.2) is 4.39 Å². The molecule has 0 aliphatic rings. The molecule has 0 fully saturated rings. The summed E-state index contributed by atoms with van der Waals surface area (Å²) in [5.41, 5.74) is 1.20. The predicted molar refractivity (Wildman–Crippen MR) is 93.1 cm³/mol. The summed E-state index contributed by atoms with van der Waals surface area (Å²) in [7, 11) is 2.95. The van der Waals surface area contributed by atoms with E-state index in [-0.39, 0.29) is 23.9 Å². The molecular weight excluding hydrogens is 347 g/mol. The molecule has 0 radical (unpaired) electrons. The van der Waals surface area contributed by atoms with Crippen LogP contribution in [0.3, 0.4) is 0 Å². The maximum atomic E-state index is 13.6. The van der Waals surface area contributed by atoms with E-state index < -0.39 is 6.61 Å². The number of nitrogens with zero attached hydrogens (tertiary/aromatic N) is 1. The first-order chi connectivity index (χ1) is 12.5. The van der Waals surface area contributed by atoms with E-state index in [9.17, 15) is 13.2 Å². The Morgan fingerprint density at radius 1 is 1.08 bits per heavy atom. The lowest BCUT2D eigenvalue weighted by molar-refractivity contribution is -0.0512. The molecule has 0 spiro atoms. The van der Waals surface area contributed by atoms with E-state index in [2.05, 4.69) is 20.4 Å². The summed E-state index contributed by atoms with van der Waals surface area (Å²) in [6.45, 7) is -2.38. The Labute approximate surface area is 149 Å². The first-order valence-electron chi connectivity index (χ1n) is 7.83. The number of halogens is 3. The number of ether oxygens (including phenoxy) is 2. The molecule has 0 saturated carbocycles. The largest absolute Gasteiger partial charge is 0.493 e. The molecule has 0 bridgehead atoms. The molecular formula is C18H20F3N3O2. The van der Waals surface area contributed by atoms with Gasteiger partial charge in [0.05, 0.1) is 7.11 Å². The third kappa shape index (κ3) is 5.58. The predicted octanol–water partition coefficient (Wildman–Crippen LogP) is 3.30. The number of hydrogen-bond donors (Lipinski definition) is 2. The molecule has 0 amide bonds. The Bertz CT molecular complexity index is 754. The van der Waals surface area contributed by atoms with Crippen LogP contribution in [0, 0.1) is 5.82 Å². The Kier molecular flexibility index (Phi) is 7.13. The van der Waals surface area contributed by atoms with Crippen LogP contribution in [0.4, 0.5) is 13.2 Å². The molecule has 0 unspecified atom stereocenters. The van der Waals surface area contributed by atoms with Gasteiger partial charge < -0.3 is 20.1 Å². The summed E-state index contributed by atoms with van der Waals surface area (Å²) >= 11 is 0. The lowest BCUT2D eigenvalue weighted by Gasteiger charge is -2.14. The number of rotatable bonds is 7. The van der Waals surface area contributed by atoms with Gasteiger partial charge in [-0.1, -0.05) is 24.3 Å². The molecule has 2 N–H and O–H groups in total. The first kappa shape index (κ1) is 19.4. The van der Waals surface area contributed by atoms with Gasteiger partial charge in [0.15, 0.2) is 17.5 Å². The zero-order valence-electron chi connectivity index (χ0n) is 14.4. The lowest BCUT2D eigenvalue weighted by Crippen LogP contribution is -2.36. The van der Waals surface area contributed by atoms with Gasteiger partial charge in [0.2, 0.25) is 0 Å². The fraction of sp³-hybridized carbons (Fsp3) is 0.278. The third-order valence-electron chi connectivity index (χ3n) is 3.53. The van der Waals surface area contributed by atoms with Crippen molar-refractivity contribution in [1.82, 2.24) is 10.6 Å². The number of alkyl halides is 2. The molecule has 2 aromatic carbocycles. The van der Waals surface area contributed by atoms with Crippen molar-refractivity contribution in [2.75, 3.05) is 14.2 Å². The fourth-order valence-electron chi connectivity index (χ4n) is 2.25. The summed E-state index contributed by atoms with van der Waals surface area (Å²) in [6, 6.07) is 11.1.